The molecule has 6 heteroatoms. The topological polar surface area (TPSA) is 75.3 Å². The van der Waals surface area contributed by atoms with Crippen molar-refractivity contribution in [3.05, 3.63) is 65.0 Å². The molecule has 5 rings (SSSR count). The molecule has 1 aliphatic heterocycles. The minimum Gasteiger partial charge on any atom is -0.469 e. The summed E-state index contributed by atoms with van der Waals surface area (Å²) in [6.07, 6.45) is 4.78. The quantitative estimate of drug-likeness (QED) is 0.698. The van der Waals surface area contributed by atoms with Crippen molar-refractivity contribution in [3.8, 4) is 0 Å². The molecule has 1 aliphatic carbocycles. The van der Waals surface area contributed by atoms with Gasteiger partial charge in [0.05, 0.1) is 30.9 Å². The predicted octanol–water partition coefficient (Wildman–Crippen LogP) is 3.22. The molecule has 1 aromatic heterocycles. The largest absolute Gasteiger partial charge is 0.469 e. The van der Waals surface area contributed by atoms with Gasteiger partial charge in [-0.15, -0.1) is 0 Å². The average Bonchev–Trinajstić information content (AvgIpc) is 3.37. The minimum absolute atomic E-state index is 0.0620. The van der Waals surface area contributed by atoms with E-state index in [1.54, 1.807) is 6.33 Å². The van der Waals surface area contributed by atoms with Crippen LogP contribution < -0.4 is 0 Å². The van der Waals surface area contributed by atoms with E-state index in [0.717, 1.165) is 42.4 Å². The van der Waals surface area contributed by atoms with Crippen LogP contribution in [0.1, 0.15) is 45.8 Å². The fourth-order valence-electron chi connectivity index (χ4n) is 5.01. The van der Waals surface area contributed by atoms with Crippen molar-refractivity contribution in [2.24, 2.45) is 0 Å². The molecule has 0 spiro atoms. The number of rotatable bonds is 3. The number of hydrogen-bond acceptors (Lipinski definition) is 4. The first-order valence-electron chi connectivity index (χ1n) is 10.1. The van der Waals surface area contributed by atoms with E-state index in [2.05, 4.69) is 16.0 Å². The number of hydrogen-bond donors (Lipinski definition) is 1. The Kier molecular flexibility index (Phi) is 4.34. The number of amides is 1. The molecular weight excluding hydrogens is 366 g/mol. The van der Waals surface area contributed by atoms with E-state index in [9.17, 15) is 9.59 Å². The number of aromatic amines is 1. The van der Waals surface area contributed by atoms with E-state index in [4.69, 9.17) is 4.74 Å². The molecular formula is C23H23N3O3. The Morgan fingerprint density at radius 1 is 1.28 bits per heavy atom. The normalized spacial score (nSPS) is 20.4. The molecule has 1 amide bonds. The second-order valence-electron chi connectivity index (χ2n) is 7.89. The summed E-state index contributed by atoms with van der Waals surface area (Å²) < 4.78 is 4.87. The lowest BCUT2D eigenvalue weighted by atomic mass is 9.88. The van der Waals surface area contributed by atoms with Gasteiger partial charge in [-0.05, 0) is 54.2 Å². The zero-order valence-corrected chi connectivity index (χ0v) is 16.4. The number of carbonyl (C=O) groups is 2. The summed E-state index contributed by atoms with van der Waals surface area (Å²) >= 11 is 0. The number of piperidine rings is 1. The van der Waals surface area contributed by atoms with Gasteiger partial charge in [-0.3, -0.25) is 9.59 Å². The first kappa shape index (κ1) is 17.9. The molecule has 2 heterocycles. The molecule has 2 aromatic carbocycles. The maximum absolute atomic E-state index is 13.4. The van der Waals surface area contributed by atoms with Crippen molar-refractivity contribution in [1.82, 2.24) is 14.9 Å². The van der Waals surface area contributed by atoms with Gasteiger partial charge in [0.2, 0.25) is 0 Å². The summed E-state index contributed by atoms with van der Waals surface area (Å²) in [6, 6.07) is 12.0. The van der Waals surface area contributed by atoms with Crippen LogP contribution in [-0.2, 0) is 22.4 Å². The molecule has 3 aromatic rings. The van der Waals surface area contributed by atoms with Crippen LogP contribution in [0, 0.1) is 0 Å². The van der Waals surface area contributed by atoms with E-state index < -0.39 is 0 Å². The van der Waals surface area contributed by atoms with E-state index >= 15 is 0 Å². The number of ether oxygens (including phenoxy) is 1. The summed E-state index contributed by atoms with van der Waals surface area (Å²) in [6.45, 7) is 0.763. The number of likely N-dealkylation sites (tertiary alicyclic amines) is 1. The van der Waals surface area contributed by atoms with E-state index in [1.807, 2.05) is 35.2 Å². The molecule has 29 heavy (non-hydrogen) atoms. The maximum atomic E-state index is 13.4. The van der Waals surface area contributed by atoms with Crippen molar-refractivity contribution >= 4 is 22.9 Å². The molecule has 6 nitrogen and oxygen atoms in total. The monoisotopic (exact) mass is 389 g/mol. The smallest absolute Gasteiger partial charge is 0.309 e. The van der Waals surface area contributed by atoms with Crippen molar-refractivity contribution in [2.45, 2.75) is 37.6 Å². The number of fused-ring (bicyclic) bond motifs is 4. The lowest BCUT2D eigenvalue weighted by Crippen LogP contribution is -2.46. The van der Waals surface area contributed by atoms with Gasteiger partial charge >= 0.3 is 5.97 Å². The Bertz CT molecular complexity index is 1100. The molecule has 0 saturated carbocycles. The highest BCUT2D eigenvalue weighted by molar-refractivity contribution is 5.97. The van der Waals surface area contributed by atoms with Crippen molar-refractivity contribution < 1.29 is 14.3 Å². The Morgan fingerprint density at radius 2 is 2.17 bits per heavy atom. The van der Waals surface area contributed by atoms with E-state index in [1.165, 1.54) is 18.2 Å². The third-order valence-electron chi connectivity index (χ3n) is 6.39. The Morgan fingerprint density at radius 3 is 3.03 bits per heavy atom. The Balaban J connectivity index is 1.45. The fourth-order valence-corrected chi connectivity index (χ4v) is 5.01. The molecule has 2 atom stereocenters. The van der Waals surface area contributed by atoms with Crippen LogP contribution in [0.25, 0.3) is 11.0 Å². The van der Waals surface area contributed by atoms with Crippen LogP contribution in [0.5, 0.6) is 0 Å². The third-order valence-corrected chi connectivity index (χ3v) is 6.39. The second-order valence-corrected chi connectivity index (χ2v) is 7.89. The molecule has 1 N–H and O–H groups in total. The fraction of sp³-hybridized carbons (Fsp3) is 0.348. The number of imidazole rings is 1. The number of esters is 1. The molecule has 0 bridgehead atoms. The van der Waals surface area contributed by atoms with Gasteiger partial charge in [0.25, 0.3) is 5.91 Å². The van der Waals surface area contributed by atoms with Gasteiger partial charge in [0.1, 0.15) is 0 Å². The van der Waals surface area contributed by atoms with Crippen molar-refractivity contribution in [1.29, 1.82) is 0 Å². The molecule has 1 fully saturated rings. The van der Waals surface area contributed by atoms with Gasteiger partial charge in [-0.2, -0.15) is 0 Å². The number of nitrogens with zero attached hydrogens (tertiary/aromatic N) is 2. The average molecular weight is 389 g/mol. The molecule has 1 unspecified atom stereocenters. The maximum Gasteiger partial charge on any atom is 0.309 e. The van der Waals surface area contributed by atoms with Crippen LogP contribution >= 0.6 is 0 Å². The number of methoxy groups -OCH3 is 1. The lowest BCUT2D eigenvalue weighted by molar-refractivity contribution is -0.139. The van der Waals surface area contributed by atoms with Crippen LogP contribution in [0.15, 0.2) is 42.7 Å². The van der Waals surface area contributed by atoms with Crippen LogP contribution in [0.4, 0.5) is 0 Å². The van der Waals surface area contributed by atoms with E-state index in [-0.39, 0.29) is 24.3 Å². The first-order valence-corrected chi connectivity index (χ1v) is 10.1. The zero-order valence-electron chi connectivity index (χ0n) is 16.4. The molecule has 148 valence electrons. The van der Waals surface area contributed by atoms with Gasteiger partial charge < -0.3 is 14.6 Å². The van der Waals surface area contributed by atoms with Gasteiger partial charge in [-0.25, -0.2) is 4.98 Å². The second kappa shape index (κ2) is 7.03. The lowest BCUT2D eigenvalue weighted by Gasteiger charge is -2.38. The van der Waals surface area contributed by atoms with Crippen LogP contribution in [0.3, 0.4) is 0 Å². The summed E-state index contributed by atoms with van der Waals surface area (Å²) in [5.41, 5.74) is 5.94. The minimum atomic E-state index is -0.228. The number of aromatic nitrogens is 2. The highest BCUT2D eigenvalue weighted by Crippen LogP contribution is 2.43. The Labute approximate surface area is 168 Å². The van der Waals surface area contributed by atoms with Crippen LogP contribution in [0.2, 0.25) is 0 Å². The number of carbonyl (C=O) groups excluding carboxylic acids is 2. The zero-order chi connectivity index (χ0) is 20.0. The number of benzene rings is 2. The van der Waals surface area contributed by atoms with Gasteiger partial charge in [0.15, 0.2) is 0 Å². The van der Waals surface area contributed by atoms with Gasteiger partial charge in [-0.1, -0.05) is 18.2 Å². The van der Waals surface area contributed by atoms with Crippen molar-refractivity contribution in [3.63, 3.8) is 0 Å². The molecule has 2 aliphatic rings. The van der Waals surface area contributed by atoms with Gasteiger partial charge in [0, 0.05) is 24.1 Å². The summed E-state index contributed by atoms with van der Waals surface area (Å²) in [7, 11) is 1.42. The summed E-state index contributed by atoms with van der Waals surface area (Å²) in [5.74, 6) is 0.162. The van der Waals surface area contributed by atoms with Crippen molar-refractivity contribution in [2.75, 3.05) is 13.7 Å². The summed E-state index contributed by atoms with van der Waals surface area (Å²) in [4.78, 5) is 34.6. The molecule has 0 radical (unpaired) electrons. The first-order chi connectivity index (χ1) is 14.2. The molecule has 1 saturated heterocycles. The summed E-state index contributed by atoms with van der Waals surface area (Å²) in [5, 5.41) is 0. The predicted molar refractivity (Wildman–Crippen MR) is 109 cm³/mol. The standard InChI is InChI=1S/C23H23N3O3/c1-29-22(27)11-14-4-2-5-16-17-6-3-9-26(21(17)12-18(14)16)23(28)15-7-8-19-20(10-15)25-13-24-19/h2,4-5,7-8,10,13,17,21H,3,6,9,11-12H2,1H3,(H,24,25)/t17?,21-/m0/s1. The SMILES string of the molecule is COC(=O)Cc1cccc2c1C[C@H]1C2CCCN1C(=O)c1ccc2[nH]cnc2c1. The highest BCUT2D eigenvalue weighted by atomic mass is 16.5. The Hall–Kier alpha value is -3.15. The number of H-pyrrole nitrogens is 1. The third kappa shape index (κ3) is 2.99. The number of nitrogens with one attached hydrogen (secondary N) is 1. The highest BCUT2D eigenvalue weighted by Gasteiger charge is 2.41. The van der Waals surface area contributed by atoms with E-state index in [0.29, 0.717) is 11.5 Å². The van der Waals surface area contributed by atoms with Crippen LogP contribution in [-0.4, -0.2) is 46.4 Å².